The summed E-state index contributed by atoms with van der Waals surface area (Å²) in [5, 5.41) is 2.68. The summed E-state index contributed by atoms with van der Waals surface area (Å²) in [6.45, 7) is 3.58. The maximum atomic E-state index is 12.8. The number of anilines is 1. The van der Waals surface area contributed by atoms with Gasteiger partial charge in [0.25, 0.3) is 5.91 Å². The molecule has 1 N–H and O–H groups in total. The molecule has 2 aromatic rings. The van der Waals surface area contributed by atoms with E-state index in [0.717, 1.165) is 5.56 Å². The molecule has 0 aliphatic rings. The molecule has 0 saturated heterocycles. The number of carbonyl (C=O) groups is 2. The second-order valence-electron chi connectivity index (χ2n) is 5.04. The van der Waals surface area contributed by atoms with Gasteiger partial charge in [0.05, 0.1) is 12.2 Å². The summed E-state index contributed by atoms with van der Waals surface area (Å²) in [7, 11) is 0. The molecule has 2 rings (SSSR count). The maximum Gasteiger partial charge on any atom is 0.338 e. The Morgan fingerprint density at radius 3 is 2.50 bits per heavy atom. The molecule has 0 aliphatic heterocycles. The molecule has 0 atom stereocenters. The first-order valence-electron chi connectivity index (χ1n) is 7.45. The van der Waals surface area contributed by atoms with Crippen LogP contribution in [0, 0.1) is 12.7 Å². The predicted molar refractivity (Wildman–Crippen MR) is 87.7 cm³/mol. The highest BCUT2D eigenvalue weighted by atomic mass is 19.1. The predicted octanol–water partition coefficient (Wildman–Crippen LogP) is 3.33. The first-order valence-corrected chi connectivity index (χ1v) is 7.45. The van der Waals surface area contributed by atoms with Crippen molar-refractivity contribution in [2.75, 3.05) is 18.5 Å². The molecule has 0 aliphatic carbocycles. The minimum atomic E-state index is -0.449. The monoisotopic (exact) mass is 331 g/mol. The lowest BCUT2D eigenvalue weighted by atomic mass is 10.1. The number of hydrogen-bond donors (Lipinski definition) is 1. The minimum Gasteiger partial charge on any atom is -0.484 e. The summed E-state index contributed by atoms with van der Waals surface area (Å²) in [5.74, 6) is -0.819. The fraction of sp³-hybridized carbons (Fsp3) is 0.222. The molecule has 0 aromatic heterocycles. The van der Waals surface area contributed by atoms with E-state index >= 15 is 0 Å². The molecule has 0 saturated carbocycles. The molecule has 1 amide bonds. The average molecular weight is 331 g/mol. The van der Waals surface area contributed by atoms with E-state index in [9.17, 15) is 14.0 Å². The number of halogens is 1. The lowest BCUT2D eigenvalue weighted by molar-refractivity contribution is -0.118. The third-order valence-electron chi connectivity index (χ3n) is 3.21. The quantitative estimate of drug-likeness (QED) is 0.825. The van der Waals surface area contributed by atoms with Crippen molar-refractivity contribution in [2.45, 2.75) is 13.8 Å². The highest BCUT2D eigenvalue weighted by Crippen LogP contribution is 2.18. The van der Waals surface area contributed by atoms with Crippen LogP contribution in [0.15, 0.2) is 42.5 Å². The van der Waals surface area contributed by atoms with Crippen LogP contribution in [0.3, 0.4) is 0 Å². The molecule has 0 spiro atoms. The fourth-order valence-electron chi connectivity index (χ4n) is 1.96. The van der Waals surface area contributed by atoms with Crippen molar-refractivity contribution in [1.29, 1.82) is 0 Å². The van der Waals surface area contributed by atoms with Gasteiger partial charge in [-0.1, -0.05) is 6.07 Å². The zero-order valence-corrected chi connectivity index (χ0v) is 13.5. The van der Waals surface area contributed by atoms with Crippen molar-refractivity contribution < 1.29 is 23.5 Å². The molecule has 5 nitrogen and oxygen atoms in total. The van der Waals surface area contributed by atoms with E-state index in [-0.39, 0.29) is 24.9 Å². The third-order valence-corrected chi connectivity index (χ3v) is 3.21. The number of amides is 1. The normalized spacial score (nSPS) is 10.1. The summed E-state index contributed by atoms with van der Waals surface area (Å²) >= 11 is 0. The van der Waals surface area contributed by atoms with Gasteiger partial charge in [-0.15, -0.1) is 0 Å². The molecule has 0 heterocycles. The number of nitrogens with one attached hydrogen (secondary N) is 1. The van der Waals surface area contributed by atoms with Gasteiger partial charge < -0.3 is 14.8 Å². The van der Waals surface area contributed by atoms with Crippen LogP contribution in [-0.2, 0) is 9.53 Å². The van der Waals surface area contributed by atoms with Crippen molar-refractivity contribution in [3.05, 3.63) is 59.4 Å². The van der Waals surface area contributed by atoms with E-state index in [1.54, 1.807) is 25.1 Å². The molecule has 126 valence electrons. The second kappa shape index (κ2) is 8.10. The molecule has 6 heteroatoms. The lowest BCUT2D eigenvalue weighted by Gasteiger charge is -2.11. The maximum absolute atomic E-state index is 12.8. The standard InChI is InChI=1S/C18H18FNO4/c1-3-23-18(22)13-5-4-12(2)16(10-13)20-17(21)11-24-15-8-6-14(19)7-9-15/h4-10H,3,11H2,1-2H3,(H,20,21). The second-order valence-corrected chi connectivity index (χ2v) is 5.04. The largest absolute Gasteiger partial charge is 0.484 e. The Hall–Kier alpha value is -2.89. The number of ether oxygens (including phenoxy) is 2. The lowest BCUT2D eigenvalue weighted by Crippen LogP contribution is -2.21. The van der Waals surface area contributed by atoms with Crippen molar-refractivity contribution in [3.63, 3.8) is 0 Å². The number of benzene rings is 2. The topological polar surface area (TPSA) is 64.6 Å². The SMILES string of the molecule is CCOC(=O)c1ccc(C)c(NC(=O)COc2ccc(F)cc2)c1. The summed E-state index contributed by atoms with van der Waals surface area (Å²) in [6, 6.07) is 10.3. The molecule has 0 radical (unpaired) electrons. The molecule has 0 fully saturated rings. The summed E-state index contributed by atoms with van der Waals surface area (Å²) < 4.78 is 23.0. The molecule has 0 bridgehead atoms. The van der Waals surface area contributed by atoms with Crippen LogP contribution in [0.4, 0.5) is 10.1 Å². The number of aryl methyl sites for hydroxylation is 1. The Morgan fingerprint density at radius 1 is 1.12 bits per heavy atom. The zero-order valence-electron chi connectivity index (χ0n) is 13.5. The minimum absolute atomic E-state index is 0.227. The highest BCUT2D eigenvalue weighted by Gasteiger charge is 2.11. The zero-order chi connectivity index (χ0) is 17.5. The van der Waals surface area contributed by atoms with Gasteiger partial charge >= 0.3 is 5.97 Å². The molecule has 2 aromatic carbocycles. The number of hydrogen-bond acceptors (Lipinski definition) is 4. The number of rotatable bonds is 6. The van der Waals surface area contributed by atoms with E-state index in [1.165, 1.54) is 24.3 Å². The van der Waals surface area contributed by atoms with Gasteiger partial charge in [-0.2, -0.15) is 0 Å². The summed E-state index contributed by atoms with van der Waals surface area (Å²) in [5.41, 5.74) is 1.67. The van der Waals surface area contributed by atoms with Crippen LogP contribution in [-0.4, -0.2) is 25.1 Å². The van der Waals surface area contributed by atoms with Crippen molar-refractivity contribution in [3.8, 4) is 5.75 Å². The van der Waals surface area contributed by atoms with Gasteiger partial charge in [0, 0.05) is 5.69 Å². The van der Waals surface area contributed by atoms with Crippen LogP contribution in [0.25, 0.3) is 0 Å². The van der Waals surface area contributed by atoms with E-state index < -0.39 is 5.97 Å². The molecular weight excluding hydrogens is 313 g/mol. The van der Waals surface area contributed by atoms with Gasteiger partial charge in [0.2, 0.25) is 0 Å². The van der Waals surface area contributed by atoms with Crippen molar-refractivity contribution in [2.24, 2.45) is 0 Å². The smallest absolute Gasteiger partial charge is 0.338 e. The van der Waals surface area contributed by atoms with Crippen LogP contribution >= 0.6 is 0 Å². The molecular formula is C18H18FNO4. The van der Waals surface area contributed by atoms with Gasteiger partial charge in [-0.25, -0.2) is 9.18 Å². The molecule has 24 heavy (non-hydrogen) atoms. The Bertz CT molecular complexity index is 728. The van der Waals surface area contributed by atoms with Gasteiger partial charge in [0.15, 0.2) is 6.61 Å². The number of carbonyl (C=O) groups excluding carboxylic acids is 2. The first-order chi connectivity index (χ1) is 11.5. The van der Waals surface area contributed by atoms with Crippen LogP contribution < -0.4 is 10.1 Å². The van der Waals surface area contributed by atoms with E-state index in [0.29, 0.717) is 17.0 Å². The first kappa shape index (κ1) is 17.5. The van der Waals surface area contributed by atoms with Crippen LogP contribution in [0.2, 0.25) is 0 Å². The Morgan fingerprint density at radius 2 is 1.83 bits per heavy atom. The summed E-state index contributed by atoms with van der Waals surface area (Å²) in [4.78, 5) is 23.7. The van der Waals surface area contributed by atoms with Crippen molar-refractivity contribution in [1.82, 2.24) is 0 Å². The van der Waals surface area contributed by atoms with Crippen LogP contribution in [0.1, 0.15) is 22.8 Å². The van der Waals surface area contributed by atoms with E-state index in [4.69, 9.17) is 9.47 Å². The fourth-order valence-corrected chi connectivity index (χ4v) is 1.96. The Kier molecular flexibility index (Phi) is 5.89. The van der Waals surface area contributed by atoms with Crippen LogP contribution in [0.5, 0.6) is 5.75 Å². The Balaban J connectivity index is 1.98. The molecule has 0 unspecified atom stereocenters. The van der Waals surface area contributed by atoms with E-state index in [1.807, 2.05) is 6.92 Å². The Labute approximate surface area is 139 Å². The highest BCUT2D eigenvalue weighted by molar-refractivity contribution is 5.95. The third kappa shape index (κ3) is 4.81. The number of esters is 1. The van der Waals surface area contributed by atoms with Gasteiger partial charge in [-0.3, -0.25) is 4.79 Å². The van der Waals surface area contributed by atoms with E-state index in [2.05, 4.69) is 5.32 Å². The van der Waals surface area contributed by atoms with Gasteiger partial charge in [0.1, 0.15) is 11.6 Å². The summed E-state index contributed by atoms with van der Waals surface area (Å²) in [6.07, 6.45) is 0. The average Bonchev–Trinajstić information content (AvgIpc) is 2.56. The van der Waals surface area contributed by atoms with Gasteiger partial charge in [-0.05, 0) is 55.8 Å². The van der Waals surface area contributed by atoms with Crippen molar-refractivity contribution >= 4 is 17.6 Å².